The number of nitrogens with zero attached hydrogens (tertiary/aromatic N) is 2. The van der Waals surface area contributed by atoms with Crippen LogP contribution in [0.3, 0.4) is 0 Å². The molecule has 1 fully saturated rings. The van der Waals surface area contributed by atoms with Gasteiger partial charge in [-0.15, -0.1) is 11.3 Å². The van der Waals surface area contributed by atoms with Gasteiger partial charge in [-0.2, -0.15) is 0 Å². The average molecular weight is 564 g/mol. The van der Waals surface area contributed by atoms with E-state index in [4.69, 9.17) is 16.6 Å². The molecule has 1 aliphatic heterocycles. The van der Waals surface area contributed by atoms with Crippen LogP contribution >= 0.6 is 22.9 Å². The third-order valence-electron chi connectivity index (χ3n) is 7.59. The highest BCUT2D eigenvalue weighted by atomic mass is 35.5. The van der Waals surface area contributed by atoms with Crippen LogP contribution in [0.25, 0.3) is 11.3 Å². The van der Waals surface area contributed by atoms with Gasteiger partial charge in [0.15, 0.2) is 5.13 Å². The maximum Gasteiger partial charge on any atom is 0.264 e. The van der Waals surface area contributed by atoms with Crippen LogP contribution in [0.5, 0.6) is 0 Å². The van der Waals surface area contributed by atoms with E-state index in [1.165, 1.54) is 15.6 Å². The van der Waals surface area contributed by atoms with Crippen LogP contribution in [-0.4, -0.2) is 25.9 Å². The molecule has 2 aliphatic rings. The molecular formula is C29H26ClN3O3S2. The first-order valence-electron chi connectivity index (χ1n) is 12.5. The minimum atomic E-state index is -3.62. The summed E-state index contributed by atoms with van der Waals surface area (Å²) in [6, 6.07) is 21.8. The Balaban J connectivity index is 1.24. The Morgan fingerprint density at radius 2 is 1.79 bits per heavy atom. The summed E-state index contributed by atoms with van der Waals surface area (Å²) in [5.41, 5.74) is 3.81. The van der Waals surface area contributed by atoms with E-state index in [-0.39, 0.29) is 10.8 Å². The summed E-state index contributed by atoms with van der Waals surface area (Å²) in [6.07, 6.45) is 3.23. The number of benzene rings is 3. The summed E-state index contributed by atoms with van der Waals surface area (Å²) < 4.78 is 27.9. The standard InChI is InChI=1S/C29H26ClN3O3S2/c1-19-26(31-28(37-19)32-27(34)29(15-5-16-29)22-9-11-23(30)12-10-22)21-8-13-25-20(18-21)14-17-33(25)38(35,36)24-6-3-2-4-7-24/h2-4,6-13,18H,5,14-17H2,1H3,(H,31,32,34). The van der Waals surface area contributed by atoms with E-state index in [1.807, 2.05) is 49.4 Å². The van der Waals surface area contributed by atoms with Gasteiger partial charge >= 0.3 is 0 Å². The van der Waals surface area contributed by atoms with E-state index in [0.29, 0.717) is 28.8 Å². The fourth-order valence-electron chi connectivity index (χ4n) is 5.37. The third-order valence-corrected chi connectivity index (χ3v) is 10.6. The van der Waals surface area contributed by atoms with Crippen LogP contribution in [0.2, 0.25) is 5.02 Å². The topological polar surface area (TPSA) is 79.4 Å². The molecule has 6 rings (SSSR count). The van der Waals surface area contributed by atoms with Gasteiger partial charge in [0.1, 0.15) is 0 Å². The number of hydrogen-bond acceptors (Lipinski definition) is 5. The van der Waals surface area contributed by atoms with Crippen molar-refractivity contribution in [3.8, 4) is 11.3 Å². The van der Waals surface area contributed by atoms with Gasteiger partial charge in [0.05, 0.1) is 21.7 Å². The molecule has 9 heteroatoms. The lowest BCUT2D eigenvalue weighted by molar-refractivity contribution is -0.124. The summed E-state index contributed by atoms with van der Waals surface area (Å²) in [5, 5.41) is 4.29. The number of halogens is 1. The summed E-state index contributed by atoms with van der Waals surface area (Å²) in [5.74, 6) is -0.0397. The number of hydrogen-bond donors (Lipinski definition) is 1. The quantitative estimate of drug-likeness (QED) is 0.287. The molecule has 0 atom stereocenters. The molecule has 1 aliphatic carbocycles. The van der Waals surface area contributed by atoms with Crippen LogP contribution in [-0.2, 0) is 26.7 Å². The number of amides is 1. The van der Waals surface area contributed by atoms with Crippen molar-refractivity contribution in [1.29, 1.82) is 0 Å². The molecule has 1 aromatic heterocycles. The van der Waals surface area contributed by atoms with Crippen molar-refractivity contribution >= 4 is 49.7 Å². The summed E-state index contributed by atoms with van der Waals surface area (Å²) >= 11 is 7.51. The van der Waals surface area contributed by atoms with Gasteiger partial charge in [0, 0.05) is 22.0 Å². The number of thiazole rings is 1. The number of anilines is 2. The molecule has 2 heterocycles. The molecule has 0 spiro atoms. The zero-order valence-electron chi connectivity index (χ0n) is 20.8. The van der Waals surface area contributed by atoms with Gasteiger partial charge in [-0.05, 0) is 73.7 Å². The van der Waals surface area contributed by atoms with Gasteiger partial charge in [-0.25, -0.2) is 13.4 Å². The molecule has 1 N–H and O–H groups in total. The van der Waals surface area contributed by atoms with Crippen LogP contribution in [0.15, 0.2) is 77.7 Å². The third kappa shape index (κ3) is 4.21. The number of carbonyl (C=O) groups is 1. The molecule has 1 amide bonds. The highest BCUT2D eigenvalue weighted by Crippen LogP contribution is 2.45. The van der Waals surface area contributed by atoms with Gasteiger partial charge in [0.2, 0.25) is 5.91 Å². The van der Waals surface area contributed by atoms with Crippen molar-refractivity contribution < 1.29 is 13.2 Å². The van der Waals surface area contributed by atoms with E-state index < -0.39 is 15.4 Å². The lowest BCUT2D eigenvalue weighted by Gasteiger charge is -2.40. The predicted molar refractivity (Wildman–Crippen MR) is 153 cm³/mol. The van der Waals surface area contributed by atoms with Crippen LogP contribution < -0.4 is 9.62 Å². The lowest BCUT2D eigenvalue weighted by Crippen LogP contribution is -2.45. The number of sulfonamides is 1. The number of aryl methyl sites for hydroxylation is 1. The molecule has 194 valence electrons. The second-order valence-electron chi connectivity index (χ2n) is 9.80. The SMILES string of the molecule is Cc1sc(NC(=O)C2(c3ccc(Cl)cc3)CCC2)nc1-c1ccc2c(c1)CCN2S(=O)(=O)c1ccccc1. The fourth-order valence-corrected chi connectivity index (χ4v) is 7.85. The molecule has 6 nitrogen and oxygen atoms in total. The van der Waals surface area contributed by atoms with E-state index >= 15 is 0 Å². The molecular weight excluding hydrogens is 538 g/mol. The molecule has 0 radical (unpaired) electrons. The average Bonchev–Trinajstić information content (AvgIpc) is 3.48. The van der Waals surface area contributed by atoms with E-state index in [1.54, 1.807) is 30.3 Å². The Bertz CT molecular complexity index is 1630. The zero-order valence-corrected chi connectivity index (χ0v) is 23.2. The Morgan fingerprint density at radius 3 is 2.47 bits per heavy atom. The van der Waals surface area contributed by atoms with Crippen molar-refractivity contribution in [3.63, 3.8) is 0 Å². The monoisotopic (exact) mass is 563 g/mol. The largest absolute Gasteiger partial charge is 0.301 e. The Kier molecular flexibility index (Phi) is 6.29. The fraction of sp³-hybridized carbons (Fsp3) is 0.241. The first-order chi connectivity index (χ1) is 18.3. The van der Waals surface area contributed by atoms with Crippen molar-refractivity contribution in [2.24, 2.45) is 0 Å². The molecule has 0 saturated heterocycles. The maximum absolute atomic E-state index is 13.4. The van der Waals surface area contributed by atoms with Crippen LogP contribution in [0.4, 0.5) is 10.8 Å². The molecule has 38 heavy (non-hydrogen) atoms. The van der Waals surface area contributed by atoms with Crippen molar-refractivity contribution in [2.45, 2.75) is 42.9 Å². The van der Waals surface area contributed by atoms with Crippen molar-refractivity contribution in [2.75, 3.05) is 16.2 Å². The molecule has 4 aromatic rings. The van der Waals surface area contributed by atoms with Gasteiger partial charge in [-0.3, -0.25) is 9.10 Å². The van der Waals surface area contributed by atoms with Crippen molar-refractivity contribution in [3.05, 3.63) is 93.8 Å². The van der Waals surface area contributed by atoms with E-state index in [0.717, 1.165) is 46.5 Å². The second kappa shape index (κ2) is 9.52. The number of nitrogens with one attached hydrogen (secondary N) is 1. The van der Waals surface area contributed by atoms with Gasteiger partial charge in [-0.1, -0.05) is 54.4 Å². The summed E-state index contributed by atoms with van der Waals surface area (Å²) in [4.78, 5) is 19.5. The maximum atomic E-state index is 13.4. The van der Waals surface area contributed by atoms with Crippen LogP contribution in [0, 0.1) is 6.92 Å². The number of rotatable bonds is 6. The van der Waals surface area contributed by atoms with Crippen molar-refractivity contribution in [1.82, 2.24) is 4.98 Å². The smallest absolute Gasteiger partial charge is 0.264 e. The van der Waals surface area contributed by atoms with Crippen LogP contribution in [0.1, 0.15) is 35.3 Å². The minimum Gasteiger partial charge on any atom is -0.301 e. The van der Waals surface area contributed by atoms with E-state index in [9.17, 15) is 13.2 Å². The number of aromatic nitrogens is 1. The lowest BCUT2D eigenvalue weighted by atomic mass is 9.64. The molecule has 0 bridgehead atoms. The predicted octanol–water partition coefficient (Wildman–Crippen LogP) is 6.58. The minimum absolute atomic E-state index is 0.0397. The molecule has 0 unspecified atom stereocenters. The Morgan fingerprint density at radius 1 is 1.05 bits per heavy atom. The second-order valence-corrected chi connectivity index (χ2v) is 13.3. The zero-order chi connectivity index (χ0) is 26.5. The summed E-state index contributed by atoms with van der Waals surface area (Å²) in [7, 11) is -3.62. The number of carbonyl (C=O) groups excluding carboxylic acids is 1. The van der Waals surface area contributed by atoms with Gasteiger partial charge < -0.3 is 5.32 Å². The molecule has 3 aromatic carbocycles. The number of fused-ring (bicyclic) bond motifs is 1. The highest BCUT2D eigenvalue weighted by Gasteiger charge is 2.46. The highest BCUT2D eigenvalue weighted by molar-refractivity contribution is 7.92. The summed E-state index contributed by atoms with van der Waals surface area (Å²) in [6.45, 7) is 2.39. The van der Waals surface area contributed by atoms with Gasteiger partial charge in [0.25, 0.3) is 10.0 Å². The Labute approximate surface area is 231 Å². The van der Waals surface area contributed by atoms with E-state index in [2.05, 4.69) is 5.32 Å². The first-order valence-corrected chi connectivity index (χ1v) is 15.2. The first kappa shape index (κ1) is 25.1. The normalized spacial score (nSPS) is 16.1. The Hall–Kier alpha value is -3.20. The molecule has 1 saturated carbocycles.